The molecule has 0 aromatic heterocycles. The summed E-state index contributed by atoms with van der Waals surface area (Å²) in [5.41, 5.74) is 4.07. The number of hydrogen-bond acceptors (Lipinski definition) is 3. The Labute approximate surface area is 209 Å². The van der Waals surface area contributed by atoms with Gasteiger partial charge in [-0.1, -0.05) is 92.2 Å². The van der Waals surface area contributed by atoms with Crippen LogP contribution in [0, 0.1) is 19.8 Å². The van der Waals surface area contributed by atoms with Gasteiger partial charge in [-0.3, -0.25) is 9.59 Å². The van der Waals surface area contributed by atoms with E-state index in [1.165, 1.54) is 0 Å². The van der Waals surface area contributed by atoms with Crippen LogP contribution >= 0.6 is 0 Å². The van der Waals surface area contributed by atoms with Crippen molar-refractivity contribution in [2.45, 2.75) is 46.7 Å². The number of nitrogens with one attached hydrogen (secondary N) is 1. The Kier molecular flexibility index (Phi) is 9.47. The van der Waals surface area contributed by atoms with Gasteiger partial charge in [-0.25, -0.2) is 0 Å². The van der Waals surface area contributed by atoms with Crippen molar-refractivity contribution >= 4 is 11.8 Å². The van der Waals surface area contributed by atoms with E-state index in [9.17, 15) is 9.59 Å². The zero-order valence-corrected chi connectivity index (χ0v) is 21.2. The average Bonchev–Trinajstić information content (AvgIpc) is 2.85. The molecule has 0 saturated heterocycles. The number of rotatable bonds is 11. The summed E-state index contributed by atoms with van der Waals surface area (Å²) in [6.07, 6.45) is 0.424. The van der Waals surface area contributed by atoms with E-state index in [1.807, 2.05) is 92.7 Å². The van der Waals surface area contributed by atoms with Crippen LogP contribution in [-0.4, -0.2) is 35.9 Å². The second-order valence-corrected chi connectivity index (χ2v) is 9.41. The van der Waals surface area contributed by atoms with Crippen LogP contribution in [0.4, 0.5) is 0 Å². The minimum absolute atomic E-state index is 0.139. The fourth-order valence-corrected chi connectivity index (χ4v) is 3.94. The van der Waals surface area contributed by atoms with E-state index in [-0.39, 0.29) is 18.4 Å². The van der Waals surface area contributed by atoms with E-state index < -0.39 is 6.04 Å². The van der Waals surface area contributed by atoms with Crippen LogP contribution < -0.4 is 10.1 Å². The predicted octanol–water partition coefficient (Wildman–Crippen LogP) is 5.09. The lowest BCUT2D eigenvalue weighted by atomic mass is 10.0. The topological polar surface area (TPSA) is 58.6 Å². The molecule has 184 valence electrons. The van der Waals surface area contributed by atoms with Gasteiger partial charge >= 0.3 is 0 Å². The van der Waals surface area contributed by atoms with Crippen molar-refractivity contribution in [1.29, 1.82) is 0 Å². The maximum Gasteiger partial charge on any atom is 0.261 e. The molecule has 0 unspecified atom stereocenters. The maximum atomic E-state index is 13.6. The highest BCUT2D eigenvalue weighted by Crippen LogP contribution is 2.20. The minimum Gasteiger partial charge on any atom is -0.483 e. The van der Waals surface area contributed by atoms with Gasteiger partial charge in [0.1, 0.15) is 11.8 Å². The number of hydrogen-bond donors (Lipinski definition) is 1. The molecule has 1 atom stereocenters. The molecule has 5 heteroatoms. The molecule has 3 aromatic carbocycles. The molecule has 0 radical (unpaired) electrons. The van der Waals surface area contributed by atoms with Crippen molar-refractivity contribution < 1.29 is 14.3 Å². The van der Waals surface area contributed by atoms with Gasteiger partial charge in [0.15, 0.2) is 6.61 Å². The highest BCUT2D eigenvalue weighted by molar-refractivity contribution is 5.88. The van der Waals surface area contributed by atoms with E-state index in [1.54, 1.807) is 4.90 Å². The minimum atomic E-state index is -0.661. The van der Waals surface area contributed by atoms with Crippen LogP contribution in [0.25, 0.3) is 0 Å². The van der Waals surface area contributed by atoms with Crippen molar-refractivity contribution in [3.63, 3.8) is 0 Å². The van der Waals surface area contributed by atoms with Crippen LogP contribution in [0.2, 0.25) is 0 Å². The first-order valence-electron chi connectivity index (χ1n) is 12.2. The largest absolute Gasteiger partial charge is 0.483 e. The summed E-state index contributed by atoms with van der Waals surface area (Å²) >= 11 is 0. The molecule has 0 bridgehead atoms. The lowest BCUT2D eigenvalue weighted by molar-refractivity contribution is -0.142. The summed E-state index contributed by atoms with van der Waals surface area (Å²) in [5, 5.41) is 3.04. The third-order valence-electron chi connectivity index (χ3n) is 5.83. The molecule has 0 saturated carbocycles. The predicted molar refractivity (Wildman–Crippen MR) is 140 cm³/mol. The van der Waals surface area contributed by atoms with Crippen molar-refractivity contribution in [1.82, 2.24) is 10.2 Å². The van der Waals surface area contributed by atoms with E-state index in [2.05, 4.69) is 19.2 Å². The fourth-order valence-electron chi connectivity index (χ4n) is 3.94. The highest BCUT2D eigenvalue weighted by atomic mass is 16.5. The molecule has 0 spiro atoms. The fraction of sp³-hybridized carbons (Fsp3) is 0.333. The molecule has 3 aromatic rings. The van der Waals surface area contributed by atoms with Crippen LogP contribution in [0.1, 0.15) is 36.1 Å². The Balaban J connectivity index is 1.88. The maximum absolute atomic E-state index is 13.6. The van der Waals surface area contributed by atoms with Gasteiger partial charge in [-0.15, -0.1) is 0 Å². The van der Waals surface area contributed by atoms with Gasteiger partial charge in [0, 0.05) is 19.5 Å². The van der Waals surface area contributed by atoms with Crippen LogP contribution in [0.15, 0.2) is 78.9 Å². The normalized spacial score (nSPS) is 11.7. The number of aryl methyl sites for hydroxylation is 2. The molecule has 5 nitrogen and oxygen atoms in total. The SMILES string of the molecule is Cc1ccc(OCC(=O)N(Cc2ccccc2)[C@@H](Cc2ccccc2)C(=O)NCC(C)C)c(C)c1. The Morgan fingerprint density at radius 3 is 2.11 bits per heavy atom. The molecule has 1 N–H and O–H groups in total. The van der Waals surface area contributed by atoms with Crippen molar-refractivity contribution in [2.75, 3.05) is 13.2 Å². The zero-order chi connectivity index (χ0) is 25.2. The van der Waals surface area contributed by atoms with Gasteiger partial charge in [0.25, 0.3) is 5.91 Å². The molecule has 0 fully saturated rings. The molecule has 2 amide bonds. The Morgan fingerprint density at radius 1 is 0.886 bits per heavy atom. The first-order valence-corrected chi connectivity index (χ1v) is 12.2. The molecule has 0 aliphatic rings. The number of nitrogens with zero attached hydrogens (tertiary/aromatic N) is 1. The van der Waals surface area contributed by atoms with Gasteiger partial charge in [-0.2, -0.15) is 0 Å². The van der Waals surface area contributed by atoms with Gasteiger partial charge in [0.05, 0.1) is 0 Å². The first-order chi connectivity index (χ1) is 16.8. The van der Waals surface area contributed by atoms with Gasteiger partial charge in [0.2, 0.25) is 5.91 Å². The van der Waals surface area contributed by atoms with Crippen molar-refractivity contribution in [3.8, 4) is 5.75 Å². The van der Waals surface area contributed by atoms with Gasteiger partial charge in [-0.05, 0) is 42.5 Å². The number of carbonyl (C=O) groups is 2. The quantitative estimate of drug-likeness (QED) is 0.423. The number of benzene rings is 3. The van der Waals surface area contributed by atoms with Crippen LogP contribution in [0.5, 0.6) is 5.75 Å². The number of amides is 2. The third kappa shape index (κ3) is 7.99. The molecule has 35 heavy (non-hydrogen) atoms. The van der Waals surface area contributed by atoms with Crippen LogP contribution in [0.3, 0.4) is 0 Å². The smallest absolute Gasteiger partial charge is 0.261 e. The van der Waals surface area contributed by atoms with E-state index >= 15 is 0 Å². The Bertz CT molecular complexity index is 1100. The zero-order valence-electron chi connectivity index (χ0n) is 21.2. The monoisotopic (exact) mass is 472 g/mol. The molecule has 0 aliphatic heterocycles. The van der Waals surface area contributed by atoms with Crippen LogP contribution in [-0.2, 0) is 22.6 Å². The first kappa shape index (κ1) is 26.0. The Hall–Kier alpha value is -3.60. The van der Waals surface area contributed by atoms with E-state index in [4.69, 9.17) is 4.74 Å². The van der Waals surface area contributed by atoms with Gasteiger partial charge < -0.3 is 15.0 Å². The highest BCUT2D eigenvalue weighted by Gasteiger charge is 2.30. The summed E-state index contributed by atoms with van der Waals surface area (Å²) in [7, 11) is 0. The molecule has 3 rings (SSSR count). The number of carbonyl (C=O) groups excluding carboxylic acids is 2. The van der Waals surface area contributed by atoms with Crippen molar-refractivity contribution in [3.05, 3.63) is 101 Å². The Morgan fingerprint density at radius 2 is 1.51 bits per heavy atom. The molecule has 0 heterocycles. The third-order valence-corrected chi connectivity index (χ3v) is 5.83. The van der Waals surface area contributed by atoms with E-state index in [0.717, 1.165) is 22.3 Å². The summed E-state index contributed by atoms with van der Waals surface area (Å²) in [6.45, 7) is 8.83. The lowest BCUT2D eigenvalue weighted by Gasteiger charge is -2.31. The second-order valence-electron chi connectivity index (χ2n) is 9.41. The lowest BCUT2D eigenvalue weighted by Crippen LogP contribution is -2.52. The summed E-state index contributed by atoms with van der Waals surface area (Å²) in [5.74, 6) is 0.600. The number of ether oxygens (including phenoxy) is 1. The second kappa shape index (κ2) is 12.7. The van der Waals surface area contributed by atoms with E-state index in [0.29, 0.717) is 31.2 Å². The van der Waals surface area contributed by atoms with Crippen molar-refractivity contribution in [2.24, 2.45) is 5.92 Å². The average molecular weight is 473 g/mol. The summed E-state index contributed by atoms with van der Waals surface area (Å²) in [6, 6.07) is 24.8. The summed E-state index contributed by atoms with van der Waals surface area (Å²) in [4.78, 5) is 28.7. The molecule has 0 aliphatic carbocycles. The standard InChI is InChI=1S/C30H36N2O3/c1-22(2)19-31-30(34)27(18-25-11-7-5-8-12-25)32(20-26-13-9-6-10-14-26)29(33)21-35-28-16-15-23(3)17-24(28)4/h5-17,22,27H,18-21H2,1-4H3,(H,31,34)/t27-/m0/s1. The molecular formula is C30H36N2O3. The summed E-state index contributed by atoms with van der Waals surface area (Å²) < 4.78 is 5.93. The molecular weight excluding hydrogens is 436 g/mol.